The summed E-state index contributed by atoms with van der Waals surface area (Å²) in [5.41, 5.74) is 1.24. The van der Waals surface area contributed by atoms with Crippen LogP contribution < -0.4 is 15.4 Å². The van der Waals surface area contributed by atoms with Crippen LogP contribution in [0, 0.1) is 6.92 Å². The smallest absolute Gasteiger partial charge is 0.191 e. The van der Waals surface area contributed by atoms with Gasteiger partial charge in [-0.15, -0.1) is 35.3 Å². The van der Waals surface area contributed by atoms with E-state index in [0.29, 0.717) is 6.54 Å². The van der Waals surface area contributed by atoms with Crippen LogP contribution in [-0.4, -0.2) is 31.1 Å². The van der Waals surface area contributed by atoms with Crippen LogP contribution in [0.25, 0.3) is 0 Å². The normalized spacial score (nSPS) is 10.9. The minimum absolute atomic E-state index is 0. The van der Waals surface area contributed by atoms with E-state index in [0.717, 1.165) is 36.2 Å². The molecule has 0 atom stereocenters. The highest BCUT2D eigenvalue weighted by Crippen LogP contribution is 2.13. The Morgan fingerprint density at radius 3 is 2.83 bits per heavy atom. The molecule has 1 heterocycles. The molecule has 0 unspecified atom stereocenters. The first-order chi connectivity index (χ1) is 11.2. The topological polar surface area (TPSA) is 58.5 Å². The van der Waals surface area contributed by atoms with Gasteiger partial charge in [0.2, 0.25) is 0 Å². The van der Waals surface area contributed by atoms with Gasteiger partial charge < -0.3 is 15.4 Å². The minimum Gasteiger partial charge on any atom is -0.497 e. The molecule has 0 aliphatic heterocycles. The summed E-state index contributed by atoms with van der Waals surface area (Å²) in [4.78, 5) is 10.1. The van der Waals surface area contributed by atoms with Crippen LogP contribution in [0.4, 0.5) is 0 Å². The lowest BCUT2D eigenvalue weighted by molar-refractivity contribution is 0.414. The standard InChI is InChI=1S/C17H24N4OS.HI/c1-4-18-17(21-12-16-20-11-13(2)23-16)19-9-8-14-6-5-7-15(10-14)22-3;/h5-7,10-11H,4,8-9,12H2,1-3H3,(H2,18,19,21);1H. The summed E-state index contributed by atoms with van der Waals surface area (Å²) in [6, 6.07) is 8.13. The van der Waals surface area contributed by atoms with Crippen molar-refractivity contribution in [2.24, 2.45) is 4.99 Å². The van der Waals surface area contributed by atoms with Gasteiger partial charge in [0.15, 0.2) is 5.96 Å². The molecule has 1 aromatic heterocycles. The molecule has 0 bridgehead atoms. The molecule has 7 heteroatoms. The number of nitrogens with one attached hydrogen (secondary N) is 2. The molecule has 0 aliphatic rings. The number of benzene rings is 1. The number of methoxy groups -OCH3 is 1. The van der Waals surface area contributed by atoms with Gasteiger partial charge in [-0.05, 0) is 38.0 Å². The van der Waals surface area contributed by atoms with Crippen LogP contribution in [0.15, 0.2) is 35.5 Å². The Balaban J connectivity index is 0.00000288. The van der Waals surface area contributed by atoms with Gasteiger partial charge in [0.25, 0.3) is 0 Å². The molecule has 2 rings (SSSR count). The molecule has 1 aromatic carbocycles. The van der Waals surface area contributed by atoms with E-state index in [4.69, 9.17) is 4.74 Å². The first-order valence-electron chi connectivity index (χ1n) is 7.77. The van der Waals surface area contributed by atoms with E-state index in [9.17, 15) is 0 Å². The van der Waals surface area contributed by atoms with Gasteiger partial charge in [0, 0.05) is 24.2 Å². The molecular weight excluding hydrogens is 435 g/mol. The van der Waals surface area contributed by atoms with Gasteiger partial charge in [0.05, 0.1) is 13.7 Å². The molecular formula is C17H25IN4OS. The van der Waals surface area contributed by atoms with Crippen molar-refractivity contribution in [3.63, 3.8) is 0 Å². The van der Waals surface area contributed by atoms with Crippen molar-refractivity contribution in [3.8, 4) is 5.75 Å². The lowest BCUT2D eigenvalue weighted by Crippen LogP contribution is -2.38. The molecule has 2 aromatic rings. The van der Waals surface area contributed by atoms with Crippen molar-refractivity contribution in [1.82, 2.24) is 15.6 Å². The molecule has 0 aliphatic carbocycles. The van der Waals surface area contributed by atoms with Crippen molar-refractivity contribution in [3.05, 3.63) is 45.9 Å². The number of aliphatic imine (C=N–C) groups is 1. The van der Waals surface area contributed by atoms with Gasteiger partial charge >= 0.3 is 0 Å². The van der Waals surface area contributed by atoms with E-state index < -0.39 is 0 Å². The highest BCUT2D eigenvalue weighted by Gasteiger charge is 2.01. The van der Waals surface area contributed by atoms with Crippen LogP contribution in [0.5, 0.6) is 5.75 Å². The molecule has 0 saturated carbocycles. The maximum absolute atomic E-state index is 5.25. The number of rotatable bonds is 7. The van der Waals surface area contributed by atoms with Crippen molar-refractivity contribution in [2.45, 2.75) is 26.8 Å². The number of hydrogen-bond acceptors (Lipinski definition) is 4. The van der Waals surface area contributed by atoms with Crippen LogP contribution in [0.2, 0.25) is 0 Å². The summed E-state index contributed by atoms with van der Waals surface area (Å²) in [6.07, 6.45) is 2.80. The first-order valence-corrected chi connectivity index (χ1v) is 8.59. The summed E-state index contributed by atoms with van der Waals surface area (Å²) in [6.45, 7) is 6.38. The van der Waals surface area contributed by atoms with Crippen molar-refractivity contribution in [2.75, 3.05) is 20.2 Å². The number of halogens is 1. The fourth-order valence-electron chi connectivity index (χ4n) is 2.12. The Bertz CT molecular complexity index is 645. The van der Waals surface area contributed by atoms with Crippen molar-refractivity contribution >= 4 is 41.3 Å². The molecule has 0 amide bonds. The second-order valence-electron chi connectivity index (χ2n) is 5.09. The zero-order valence-corrected chi connectivity index (χ0v) is 17.5. The van der Waals surface area contributed by atoms with E-state index >= 15 is 0 Å². The third-order valence-electron chi connectivity index (χ3n) is 3.23. The fourth-order valence-corrected chi connectivity index (χ4v) is 2.83. The zero-order valence-electron chi connectivity index (χ0n) is 14.3. The highest BCUT2D eigenvalue weighted by atomic mass is 127. The van der Waals surface area contributed by atoms with Gasteiger partial charge in [-0.1, -0.05) is 12.1 Å². The Morgan fingerprint density at radius 1 is 1.33 bits per heavy atom. The predicted molar refractivity (Wildman–Crippen MR) is 112 cm³/mol. The molecule has 5 nitrogen and oxygen atoms in total. The number of hydrogen-bond donors (Lipinski definition) is 2. The van der Waals surface area contributed by atoms with Gasteiger partial charge in [-0.3, -0.25) is 0 Å². The number of nitrogens with zero attached hydrogens (tertiary/aromatic N) is 2. The summed E-state index contributed by atoms with van der Waals surface area (Å²) in [5.74, 6) is 1.71. The number of aryl methyl sites for hydroxylation is 1. The Hall–Kier alpha value is -1.35. The average molecular weight is 460 g/mol. The largest absolute Gasteiger partial charge is 0.497 e. The average Bonchev–Trinajstić information content (AvgIpc) is 2.98. The lowest BCUT2D eigenvalue weighted by atomic mass is 10.1. The number of thiazole rings is 1. The molecule has 0 radical (unpaired) electrons. The summed E-state index contributed by atoms with van der Waals surface area (Å²) in [7, 11) is 1.69. The second-order valence-corrected chi connectivity index (χ2v) is 6.41. The Morgan fingerprint density at radius 2 is 2.17 bits per heavy atom. The van der Waals surface area contributed by atoms with E-state index in [2.05, 4.69) is 46.6 Å². The van der Waals surface area contributed by atoms with Crippen LogP contribution in [0.1, 0.15) is 22.4 Å². The maximum atomic E-state index is 5.25. The third kappa shape index (κ3) is 7.04. The van der Waals surface area contributed by atoms with E-state index in [1.54, 1.807) is 18.4 Å². The lowest BCUT2D eigenvalue weighted by Gasteiger charge is -2.11. The third-order valence-corrected chi connectivity index (χ3v) is 4.12. The van der Waals surface area contributed by atoms with E-state index in [1.165, 1.54) is 10.4 Å². The Labute approximate surface area is 165 Å². The quantitative estimate of drug-likeness (QED) is 0.378. The number of ether oxygens (including phenoxy) is 1. The molecule has 0 fully saturated rings. The molecule has 0 saturated heterocycles. The summed E-state index contributed by atoms with van der Waals surface area (Å²) < 4.78 is 5.25. The van der Waals surface area contributed by atoms with Crippen molar-refractivity contribution in [1.29, 1.82) is 0 Å². The molecule has 24 heavy (non-hydrogen) atoms. The van der Waals surface area contributed by atoms with E-state index in [1.807, 2.05) is 18.3 Å². The van der Waals surface area contributed by atoms with Crippen molar-refractivity contribution < 1.29 is 4.74 Å². The summed E-state index contributed by atoms with van der Waals surface area (Å²) >= 11 is 1.68. The minimum atomic E-state index is 0. The first kappa shape index (κ1) is 20.7. The van der Waals surface area contributed by atoms with Crippen LogP contribution >= 0.6 is 35.3 Å². The number of guanidine groups is 1. The maximum Gasteiger partial charge on any atom is 0.191 e. The highest BCUT2D eigenvalue weighted by molar-refractivity contribution is 14.0. The number of aromatic nitrogens is 1. The fraction of sp³-hybridized carbons (Fsp3) is 0.412. The molecule has 132 valence electrons. The second kappa shape index (κ2) is 11.2. The SMILES string of the molecule is CCNC(=NCc1ncc(C)s1)NCCc1cccc(OC)c1.I. The molecule has 0 spiro atoms. The molecule has 2 N–H and O–H groups in total. The van der Waals surface area contributed by atoms with Crippen LogP contribution in [-0.2, 0) is 13.0 Å². The van der Waals surface area contributed by atoms with Gasteiger partial charge in [0.1, 0.15) is 10.8 Å². The zero-order chi connectivity index (χ0) is 16.5. The summed E-state index contributed by atoms with van der Waals surface area (Å²) in [5, 5.41) is 7.65. The predicted octanol–water partition coefficient (Wildman–Crippen LogP) is 3.38. The van der Waals surface area contributed by atoms with Crippen LogP contribution in [0.3, 0.4) is 0 Å². The monoisotopic (exact) mass is 460 g/mol. The van der Waals surface area contributed by atoms with E-state index in [-0.39, 0.29) is 24.0 Å². The Kier molecular flexibility index (Phi) is 9.70. The van der Waals surface area contributed by atoms with Gasteiger partial charge in [-0.2, -0.15) is 0 Å². The van der Waals surface area contributed by atoms with Gasteiger partial charge in [-0.25, -0.2) is 9.98 Å².